The molecule has 0 saturated carbocycles. The first-order chi connectivity index (χ1) is 9.06. The third-order valence-corrected chi connectivity index (χ3v) is 4.66. The zero-order valence-corrected chi connectivity index (χ0v) is 12.7. The Morgan fingerprint density at radius 2 is 2.21 bits per heavy atom. The van der Waals surface area contributed by atoms with Crippen molar-refractivity contribution in [1.29, 1.82) is 0 Å². The van der Waals surface area contributed by atoms with Gasteiger partial charge in [0.15, 0.2) is 0 Å². The van der Waals surface area contributed by atoms with E-state index in [0.29, 0.717) is 29.4 Å². The van der Waals surface area contributed by atoms with Crippen molar-refractivity contribution in [3.8, 4) is 0 Å². The van der Waals surface area contributed by atoms with Crippen LogP contribution in [0, 0.1) is 5.82 Å². The number of fused-ring (bicyclic) bond motifs is 1. The highest BCUT2D eigenvalue weighted by atomic mass is 35.5. The van der Waals surface area contributed by atoms with E-state index in [0.717, 1.165) is 5.52 Å². The molecule has 0 aliphatic carbocycles. The SMILES string of the molecule is CCS(=O)CCn1c(CCl)nc2cc(F)c(Cl)cc21. The molecule has 1 unspecified atom stereocenters. The fourth-order valence-corrected chi connectivity index (χ4v) is 2.90. The molecule has 2 aromatic rings. The van der Waals surface area contributed by atoms with E-state index in [2.05, 4.69) is 4.98 Å². The number of aryl methyl sites for hydroxylation is 1. The quantitative estimate of drug-likeness (QED) is 0.791. The molecule has 0 fully saturated rings. The van der Waals surface area contributed by atoms with E-state index in [1.165, 1.54) is 12.1 Å². The highest BCUT2D eigenvalue weighted by Gasteiger charge is 2.13. The Morgan fingerprint density at radius 1 is 1.47 bits per heavy atom. The number of aromatic nitrogens is 2. The topological polar surface area (TPSA) is 34.9 Å². The molecule has 2 rings (SSSR count). The maximum atomic E-state index is 13.4. The smallest absolute Gasteiger partial charge is 0.144 e. The number of rotatable bonds is 5. The van der Waals surface area contributed by atoms with Crippen LogP contribution in [0.3, 0.4) is 0 Å². The number of benzene rings is 1. The summed E-state index contributed by atoms with van der Waals surface area (Å²) in [6.07, 6.45) is 0. The van der Waals surface area contributed by atoms with Gasteiger partial charge in [0.25, 0.3) is 0 Å². The fourth-order valence-electron chi connectivity index (χ4n) is 1.86. The second-order valence-electron chi connectivity index (χ2n) is 4.00. The van der Waals surface area contributed by atoms with E-state index >= 15 is 0 Å². The van der Waals surface area contributed by atoms with Crippen molar-refractivity contribution in [3.63, 3.8) is 0 Å². The van der Waals surface area contributed by atoms with E-state index in [9.17, 15) is 8.60 Å². The van der Waals surface area contributed by atoms with Gasteiger partial charge in [0.1, 0.15) is 11.6 Å². The standard InChI is InChI=1S/C12H13Cl2FN2OS/c1-2-19(18)4-3-17-11-5-8(14)9(15)6-10(11)16-12(17)7-13/h5-6H,2-4,7H2,1H3. The van der Waals surface area contributed by atoms with E-state index in [-0.39, 0.29) is 10.9 Å². The van der Waals surface area contributed by atoms with Crippen molar-refractivity contribution in [1.82, 2.24) is 9.55 Å². The molecule has 0 amide bonds. The molecule has 0 spiro atoms. The molecule has 3 nitrogen and oxygen atoms in total. The van der Waals surface area contributed by atoms with E-state index in [1.807, 2.05) is 11.5 Å². The van der Waals surface area contributed by atoms with Crippen LogP contribution in [0.5, 0.6) is 0 Å². The molecule has 1 aromatic carbocycles. The molecule has 1 aromatic heterocycles. The normalized spacial score (nSPS) is 13.1. The van der Waals surface area contributed by atoms with Gasteiger partial charge in [0.2, 0.25) is 0 Å². The predicted molar refractivity (Wildman–Crippen MR) is 77.8 cm³/mol. The molecular weight excluding hydrogens is 310 g/mol. The van der Waals surface area contributed by atoms with Crippen molar-refractivity contribution < 1.29 is 8.60 Å². The van der Waals surface area contributed by atoms with Gasteiger partial charge in [0.05, 0.1) is 21.9 Å². The van der Waals surface area contributed by atoms with Crippen LogP contribution in [0.25, 0.3) is 11.0 Å². The minimum Gasteiger partial charge on any atom is -0.326 e. The Labute approximate surface area is 123 Å². The first-order valence-corrected chi connectivity index (χ1v) is 8.22. The molecular formula is C12H13Cl2FN2OS. The highest BCUT2D eigenvalue weighted by Crippen LogP contribution is 2.24. The highest BCUT2D eigenvalue weighted by molar-refractivity contribution is 7.84. The number of halogens is 3. The van der Waals surface area contributed by atoms with Gasteiger partial charge in [-0.25, -0.2) is 9.37 Å². The number of imidazole rings is 1. The van der Waals surface area contributed by atoms with Gasteiger partial charge in [-0.2, -0.15) is 0 Å². The summed E-state index contributed by atoms with van der Waals surface area (Å²) in [6.45, 7) is 2.40. The van der Waals surface area contributed by atoms with Crippen LogP contribution < -0.4 is 0 Å². The molecule has 0 radical (unpaired) electrons. The molecule has 104 valence electrons. The number of alkyl halides is 1. The largest absolute Gasteiger partial charge is 0.326 e. The zero-order valence-electron chi connectivity index (χ0n) is 10.3. The molecule has 0 saturated heterocycles. The summed E-state index contributed by atoms with van der Waals surface area (Å²) in [5.41, 5.74) is 1.23. The van der Waals surface area contributed by atoms with Crippen molar-refractivity contribution in [2.24, 2.45) is 0 Å². The lowest BCUT2D eigenvalue weighted by Gasteiger charge is -2.07. The van der Waals surface area contributed by atoms with Gasteiger partial charge in [-0.15, -0.1) is 11.6 Å². The fraction of sp³-hybridized carbons (Fsp3) is 0.417. The second-order valence-corrected chi connectivity index (χ2v) is 6.54. The van der Waals surface area contributed by atoms with Crippen LogP contribution in [-0.4, -0.2) is 25.3 Å². The Bertz CT molecular complexity index is 630. The lowest BCUT2D eigenvalue weighted by molar-refractivity contribution is 0.629. The van der Waals surface area contributed by atoms with Crippen LogP contribution in [0.1, 0.15) is 12.7 Å². The van der Waals surface area contributed by atoms with E-state index in [4.69, 9.17) is 23.2 Å². The van der Waals surface area contributed by atoms with Crippen molar-refractivity contribution >= 4 is 45.0 Å². The van der Waals surface area contributed by atoms with Crippen molar-refractivity contribution in [2.45, 2.75) is 19.3 Å². The van der Waals surface area contributed by atoms with Gasteiger partial charge in [-0.3, -0.25) is 4.21 Å². The van der Waals surface area contributed by atoms with Gasteiger partial charge in [-0.1, -0.05) is 18.5 Å². The maximum Gasteiger partial charge on any atom is 0.144 e. The molecule has 19 heavy (non-hydrogen) atoms. The summed E-state index contributed by atoms with van der Waals surface area (Å²) in [6, 6.07) is 2.82. The molecule has 0 aliphatic rings. The Morgan fingerprint density at radius 3 is 2.84 bits per heavy atom. The number of hydrogen-bond donors (Lipinski definition) is 0. The molecule has 1 atom stereocenters. The van der Waals surface area contributed by atoms with Gasteiger partial charge in [0, 0.05) is 34.9 Å². The monoisotopic (exact) mass is 322 g/mol. The van der Waals surface area contributed by atoms with Crippen molar-refractivity contribution in [2.75, 3.05) is 11.5 Å². The lowest BCUT2D eigenvalue weighted by Crippen LogP contribution is -2.11. The van der Waals surface area contributed by atoms with E-state index in [1.54, 1.807) is 0 Å². The third-order valence-electron chi connectivity index (χ3n) is 2.85. The molecule has 7 heteroatoms. The van der Waals surface area contributed by atoms with Gasteiger partial charge < -0.3 is 4.57 Å². The van der Waals surface area contributed by atoms with Crippen LogP contribution in [0.2, 0.25) is 5.02 Å². The number of nitrogens with zero attached hydrogens (tertiary/aromatic N) is 2. The lowest BCUT2D eigenvalue weighted by atomic mass is 10.3. The predicted octanol–water partition coefficient (Wildman–Crippen LogP) is 3.34. The zero-order chi connectivity index (χ0) is 14.0. The molecule has 0 N–H and O–H groups in total. The Balaban J connectivity index is 2.44. The average molecular weight is 323 g/mol. The number of hydrogen-bond acceptors (Lipinski definition) is 2. The summed E-state index contributed by atoms with van der Waals surface area (Å²) < 4.78 is 26.8. The molecule has 0 aliphatic heterocycles. The van der Waals surface area contributed by atoms with Crippen LogP contribution in [-0.2, 0) is 23.2 Å². The average Bonchev–Trinajstić information content (AvgIpc) is 2.73. The maximum absolute atomic E-state index is 13.4. The summed E-state index contributed by atoms with van der Waals surface area (Å²) in [5.74, 6) is 1.47. The summed E-state index contributed by atoms with van der Waals surface area (Å²) in [5, 5.41) is 0.0476. The van der Waals surface area contributed by atoms with Gasteiger partial charge >= 0.3 is 0 Å². The van der Waals surface area contributed by atoms with Crippen LogP contribution >= 0.6 is 23.2 Å². The summed E-state index contributed by atoms with van der Waals surface area (Å²) >= 11 is 11.6. The minimum atomic E-state index is -0.873. The third kappa shape index (κ3) is 3.09. The summed E-state index contributed by atoms with van der Waals surface area (Å²) in [7, 11) is -0.873. The molecule has 0 bridgehead atoms. The van der Waals surface area contributed by atoms with E-state index < -0.39 is 16.6 Å². The van der Waals surface area contributed by atoms with Crippen LogP contribution in [0.15, 0.2) is 12.1 Å². The van der Waals surface area contributed by atoms with Gasteiger partial charge in [-0.05, 0) is 6.07 Å². The van der Waals surface area contributed by atoms with Crippen molar-refractivity contribution in [3.05, 3.63) is 28.8 Å². The van der Waals surface area contributed by atoms with Crippen LogP contribution in [0.4, 0.5) is 4.39 Å². The minimum absolute atomic E-state index is 0.0476. The molecule has 1 heterocycles. The first kappa shape index (κ1) is 14.8. The second kappa shape index (κ2) is 6.20. The Hall–Kier alpha value is -0.650. The Kier molecular flexibility index (Phi) is 4.81. The summed E-state index contributed by atoms with van der Waals surface area (Å²) in [4.78, 5) is 4.27. The first-order valence-electron chi connectivity index (χ1n) is 5.82.